The fourth-order valence-corrected chi connectivity index (χ4v) is 4.58. The summed E-state index contributed by atoms with van der Waals surface area (Å²) in [7, 11) is 0. The minimum atomic E-state index is -1.06. The number of anilines is 1. The Bertz CT molecular complexity index is 947. The van der Waals surface area contributed by atoms with Crippen LogP contribution in [0.4, 0.5) is 17.1 Å². The molecule has 152 valence electrons. The number of hydrogen-bond donors (Lipinski definition) is 1. The first-order valence-corrected chi connectivity index (χ1v) is 10.2. The molecule has 1 N–H and O–H groups in total. The SMILES string of the molecule is C[C@H](C(=O)OCC(=O)Nc1cccc2c1N=S=N2)N1C(=O)[C@@H]2CCCC[C@H]2C1=O. The highest BCUT2D eigenvalue weighted by molar-refractivity contribution is 7.58. The number of nitrogens with zero attached hydrogens (tertiary/aromatic N) is 3. The molecule has 4 rings (SSSR count). The number of hydrogen-bond acceptors (Lipinski definition) is 7. The molecule has 2 heterocycles. The minimum absolute atomic E-state index is 0.309. The van der Waals surface area contributed by atoms with Gasteiger partial charge in [-0.25, -0.2) is 4.79 Å². The zero-order valence-corrected chi connectivity index (χ0v) is 16.6. The molecule has 3 amide bonds. The van der Waals surface area contributed by atoms with Crippen molar-refractivity contribution in [2.45, 2.75) is 38.6 Å². The normalized spacial score (nSPS) is 23.3. The van der Waals surface area contributed by atoms with E-state index in [9.17, 15) is 19.2 Å². The molecule has 1 saturated heterocycles. The predicted octanol–water partition coefficient (Wildman–Crippen LogP) is 2.46. The molecular weight excluding hydrogens is 396 g/mol. The lowest BCUT2D eigenvalue weighted by Gasteiger charge is -2.21. The van der Waals surface area contributed by atoms with Gasteiger partial charge in [-0.15, -0.1) is 0 Å². The number of esters is 1. The van der Waals surface area contributed by atoms with Crippen molar-refractivity contribution < 1.29 is 23.9 Å². The second-order valence-corrected chi connectivity index (χ2v) is 7.84. The maximum Gasteiger partial charge on any atom is 0.329 e. The fourth-order valence-electron chi connectivity index (χ4n) is 4.03. The molecule has 0 unspecified atom stereocenters. The number of carbonyl (C=O) groups excluding carboxylic acids is 4. The summed E-state index contributed by atoms with van der Waals surface area (Å²) in [5.41, 5.74) is 1.69. The average Bonchev–Trinajstić information content (AvgIpc) is 3.30. The Hall–Kier alpha value is -2.88. The van der Waals surface area contributed by atoms with Crippen LogP contribution in [-0.4, -0.2) is 41.2 Å². The van der Waals surface area contributed by atoms with Gasteiger partial charge in [0.15, 0.2) is 6.61 Å². The van der Waals surface area contributed by atoms with Crippen LogP contribution >= 0.6 is 0 Å². The third-order valence-electron chi connectivity index (χ3n) is 5.51. The van der Waals surface area contributed by atoms with Gasteiger partial charge in [0, 0.05) is 0 Å². The van der Waals surface area contributed by atoms with Gasteiger partial charge in [0.25, 0.3) is 5.91 Å². The summed E-state index contributed by atoms with van der Waals surface area (Å²) in [6.45, 7) is 0.926. The highest BCUT2D eigenvalue weighted by atomic mass is 32.1. The van der Waals surface area contributed by atoms with Crippen molar-refractivity contribution in [3.05, 3.63) is 18.2 Å². The van der Waals surface area contributed by atoms with E-state index in [2.05, 4.69) is 14.0 Å². The number of fused-ring (bicyclic) bond motifs is 2. The maximum atomic E-state index is 12.6. The van der Waals surface area contributed by atoms with E-state index in [-0.39, 0.29) is 23.7 Å². The lowest BCUT2D eigenvalue weighted by atomic mass is 9.81. The number of likely N-dealkylation sites (tertiary alicyclic amines) is 1. The van der Waals surface area contributed by atoms with Gasteiger partial charge in [0.1, 0.15) is 17.4 Å². The van der Waals surface area contributed by atoms with Crippen LogP contribution in [0.5, 0.6) is 0 Å². The summed E-state index contributed by atoms with van der Waals surface area (Å²) in [4.78, 5) is 50.7. The third-order valence-corrected chi connectivity index (χ3v) is 6.05. The molecule has 0 radical (unpaired) electrons. The quantitative estimate of drug-likeness (QED) is 0.593. The summed E-state index contributed by atoms with van der Waals surface area (Å²) >= 11 is 1.03. The molecule has 1 saturated carbocycles. The minimum Gasteiger partial charge on any atom is -0.454 e. The molecule has 2 aliphatic heterocycles. The Labute approximate surface area is 170 Å². The van der Waals surface area contributed by atoms with Crippen molar-refractivity contribution in [3.8, 4) is 0 Å². The van der Waals surface area contributed by atoms with E-state index >= 15 is 0 Å². The van der Waals surface area contributed by atoms with Crippen LogP contribution in [0.3, 0.4) is 0 Å². The van der Waals surface area contributed by atoms with Gasteiger partial charge in [-0.05, 0) is 31.9 Å². The Morgan fingerprint density at radius 1 is 1.21 bits per heavy atom. The van der Waals surface area contributed by atoms with Gasteiger partial charge in [-0.1, -0.05) is 18.9 Å². The molecule has 9 nitrogen and oxygen atoms in total. The molecule has 1 aromatic carbocycles. The van der Waals surface area contributed by atoms with E-state index in [1.807, 2.05) is 0 Å². The molecule has 29 heavy (non-hydrogen) atoms. The van der Waals surface area contributed by atoms with Crippen molar-refractivity contribution in [2.75, 3.05) is 11.9 Å². The second kappa shape index (κ2) is 7.86. The molecule has 3 aliphatic rings. The number of nitrogens with one attached hydrogen (secondary N) is 1. The summed E-state index contributed by atoms with van der Waals surface area (Å²) in [6, 6.07) is 4.13. The van der Waals surface area contributed by atoms with Gasteiger partial charge in [-0.2, -0.15) is 8.73 Å². The summed E-state index contributed by atoms with van der Waals surface area (Å²) < 4.78 is 13.3. The van der Waals surface area contributed by atoms with Gasteiger partial charge in [-0.3, -0.25) is 19.3 Å². The Balaban J connectivity index is 1.34. The number of carbonyl (C=O) groups is 4. The highest BCUT2D eigenvalue weighted by Gasteiger charge is 2.51. The zero-order valence-electron chi connectivity index (χ0n) is 15.8. The molecule has 0 bridgehead atoms. The first-order valence-electron chi connectivity index (χ1n) is 9.52. The van der Waals surface area contributed by atoms with Crippen LogP contribution in [0.15, 0.2) is 26.9 Å². The van der Waals surface area contributed by atoms with Gasteiger partial charge < -0.3 is 10.1 Å². The molecule has 10 heteroatoms. The van der Waals surface area contributed by atoms with Crippen LogP contribution < -0.4 is 5.32 Å². The van der Waals surface area contributed by atoms with E-state index in [0.717, 1.165) is 29.1 Å². The standard InChI is InChI=1S/C19H20N4O5S/c1-10(23-17(25)11-5-2-3-6-12(11)18(23)26)19(27)28-9-15(24)20-13-7-4-8-14-16(13)22-29-21-14/h4,7-8,10-12H,2-3,5-6,9H2,1H3,(H,20,24)/t10-,11-,12-/m1/s1. The first kappa shape index (κ1) is 19.4. The number of benzene rings is 1. The lowest BCUT2D eigenvalue weighted by Crippen LogP contribution is -2.45. The van der Waals surface area contributed by atoms with Crippen LogP contribution in [0.25, 0.3) is 0 Å². The number of imide groups is 1. The van der Waals surface area contributed by atoms with Crippen LogP contribution in [0, 0.1) is 11.8 Å². The number of ether oxygens (including phenoxy) is 1. The summed E-state index contributed by atoms with van der Waals surface area (Å²) in [5, 5.41) is 2.63. The number of amides is 3. The monoisotopic (exact) mass is 416 g/mol. The molecule has 3 atom stereocenters. The van der Waals surface area contributed by atoms with E-state index < -0.39 is 24.5 Å². The molecule has 0 aromatic heterocycles. The maximum absolute atomic E-state index is 12.6. The Morgan fingerprint density at radius 3 is 2.59 bits per heavy atom. The Kier molecular flexibility index (Phi) is 5.27. The first-order chi connectivity index (χ1) is 14.0. The number of rotatable bonds is 5. The third kappa shape index (κ3) is 3.59. The molecule has 1 aromatic rings. The van der Waals surface area contributed by atoms with Crippen LogP contribution in [0.1, 0.15) is 32.6 Å². The van der Waals surface area contributed by atoms with Crippen molar-refractivity contribution in [3.63, 3.8) is 0 Å². The largest absolute Gasteiger partial charge is 0.454 e. The van der Waals surface area contributed by atoms with E-state index in [0.29, 0.717) is 29.9 Å². The van der Waals surface area contributed by atoms with Crippen molar-refractivity contribution in [1.82, 2.24) is 4.90 Å². The molecule has 2 fully saturated rings. The van der Waals surface area contributed by atoms with E-state index in [1.54, 1.807) is 18.2 Å². The predicted molar refractivity (Wildman–Crippen MR) is 104 cm³/mol. The van der Waals surface area contributed by atoms with Crippen molar-refractivity contribution >= 4 is 52.1 Å². The molecule has 1 aliphatic carbocycles. The molecule has 0 spiro atoms. The van der Waals surface area contributed by atoms with Crippen LogP contribution in [-0.2, 0) is 35.3 Å². The van der Waals surface area contributed by atoms with Crippen molar-refractivity contribution in [1.29, 1.82) is 0 Å². The second-order valence-electron chi connectivity index (χ2n) is 7.31. The zero-order chi connectivity index (χ0) is 20.5. The van der Waals surface area contributed by atoms with E-state index in [1.165, 1.54) is 6.92 Å². The van der Waals surface area contributed by atoms with Crippen LogP contribution in [0.2, 0.25) is 0 Å². The van der Waals surface area contributed by atoms with Gasteiger partial charge in [0.05, 0.1) is 28.9 Å². The molecular formula is C19H20N4O5S. The average molecular weight is 416 g/mol. The van der Waals surface area contributed by atoms with E-state index in [4.69, 9.17) is 4.74 Å². The smallest absolute Gasteiger partial charge is 0.329 e. The lowest BCUT2D eigenvalue weighted by molar-refractivity contribution is -0.159. The van der Waals surface area contributed by atoms with Crippen molar-refractivity contribution in [2.24, 2.45) is 20.6 Å². The summed E-state index contributed by atoms with van der Waals surface area (Å²) in [6.07, 6.45) is 3.17. The summed E-state index contributed by atoms with van der Waals surface area (Å²) in [5.74, 6) is -2.61. The topological polar surface area (TPSA) is 118 Å². The Morgan fingerprint density at radius 2 is 1.90 bits per heavy atom. The fraction of sp³-hybridized carbons (Fsp3) is 0.474. The van der Waals surface area contributed by atoms with Gasteiger partial charge in [0.2, 0.25) is 11.8 Å². The highest BCUT2D eigenvalue weighted by Crippen LogP contribution is 2.39. The van der Waals surface area contributed by atoms with Gasteiger partial charge >= 0.3 is 5.97 Å².